The summed E-state index contributed by atoms with van der Waals surface area (Å²) in [5.41, 5.74) is 6.00. The van der Waals surface area contributed by atoms with Crippen LogP contribution in [0.15, 0.2) is 55.1 Å². The first-order valence-corrected chi connectivity index (χ1v) is 14.0. The predicted octanol–water partition coefficient (Wildman–Crippen LogP) is 5.90. The molecule has 208 valence electrons. The smallest absolute Gasteiger partial charge is 0.164 e. The van der Waals surface area contributed by atoms with Crippen LogP contribution in [0.5, 0.6) is 0 Å². The van der Waals surface area contributed by atoms with Crippen LogP contribution in [-0.4, -0.2) is 40.6 Å². The van der Waals surface area contributed by atoms with Crippen LogP contribution in [0.4, 0.5) is 8.78 Å². The van der Waals surface area contributed by atoms with E-state index in [4.69, 9.17) is 9.97 Å². The molecule has 8 nitrogen and oxygen atoms in total. The first-order valence-electron chi connectivity index (χ1n) is 14.0. The third-order valence-corrected chi connectivity index (χ3v) is 8.07. The van der Waals surface area contributed by atoms with E-state index in [0.717, 1.165) is 53.6 Å². The quantitative estimate of drug-likeness (QED) is 0.258. The van der Waals surface area contributed by atoms with Crippen molar-refractivity contribution in [2.45, 2.75) is 57.5 Å². The maximum absolute atomic E-state index is 14.7. The SMILES string of the molecule is Cc1cc(F)c(CNC2CCC2)nc1-c1cnn(-c2cc(-c3ccc(F)cc3-c3nncn3C)cc(C3CC3)n2)c1. The Hall–Kier alpha value is -4.31. The molecule has 10 heteroatoms. The summed E-state index contributed by atoms with van der Waals surface area (Å²) >= 11 is 0. The first-order chi connectivity index (χ1) is 19.9. The molecule has 2 aliphatic carbocycles. The molecule has 0 spiro atoms. The van der Waals surface area contributed by atoms with Crippen LogP contribution in [0.1, 0.15) is 55.0 Å². The third-order valence-electron chi connectivity index (χ3n) is 8.07. The first kappa shape index (κ1) is 25.6. The maximum atomic E-state index is 14.7. The van der Waals surface area contributed by atoms with Gasteiger partial charge in [-0.15, -0.1) is 10.2 Å². The van der Waals surface area contributed by atoms with Crippen molar-refractivity contribution in [1.82, 2.24) is 39.8 Å². The highest BCUT2D eigenvalue weighted by Crippen LogP contribution is 2.42. The highest BCUT2D eigenvalue weighted by atomic mass is 19.1. The number of hydrogen-bond donors (Lipinski definition) is 1. The van der Waals surface area contributed by atoms with Gasteiger partial charge in [0, 0.05) is 48.6 Å². The topological polar surface area (TPSA) is 86.3 Å². The molecular formula is C31H30F2N8. The van der Waals surface area contributed by atoms with Gasteiger partial charge in [0.25, 0.3) is 0 Å². The van der Waals surface area contributed by atoms with Gasteiger partial charge >= 0.3 is 0 Å². The summed E-state index contributed by atoms with van der Waals surface area (Å²) in [6.45, 7) is 2.26. The van der Waals surface area contributed by atoms with Crippen molar-refractivity contribution in [2.24, 2.45) is 7.05 Å². The van der Waals surface area contributed by atoms with Crippen molar-refractivity contribution in [2.75, 3.05) is 0 Å². The summed E-state index contributed by atoms with van der Waals surface area (Å²) in [5.74, 6) is 0.967. The summed E-state index contributed by atoms with van der Waals surface area (Å²) in [4.78, 5) is 9.64. The average Bonchev–Trinajstić information content (AvgIpc) is 3.52. The van der Waals surface area contributed by atoms with E-state index in [9.17, 15) is 8.78 Å². The van der Waals surface area contributed by atoms with Crippen LogP contribution in [0.3, 0.4) is 0 Å². The number of halogens is 2. The van der Waals surface area contributed by atoms with E-state index in [-0.39, 0.29) is 11.6 Å². The van der Waals surface area contributed by atoms with Crippen molar-refractivity contribution >= 4 is 0 Å². The van der Waals surface area contributed by atoms with E-state index >= 15 is 0 Å². The zero-order chi connectivity index (χ0) is 28.1. The Bertz CT molecular complexity index is 1750. The minimum Gasteiger partial charge on any atom is -0.317 e. The van der Waals surface area contributed by atoms with Crippen LogP contribution in [-0.2, 0) is 13.6 Å². The summed E-state index contributed by atoms with van der Waals surface area (Å²) in [7, 11) is 1.84. The zero-order valence-electron chi connectivity index (χ0n) is 23.0. The molecule has 7 rings (SSSR count). The molecule has 2 saturated carbocycles. The van der Waals surface area contributed by atoms with Gasteiger partial charge in [-0.2, -0.15) is 5.10 Å². The number of aromatic nitrogens is 7. The molecule has 0 aliphatic heterocycles. The number of nitrogens with zero attached hydrogens (tertiary/aromatic N) is 7. The molecule has 0 radical (unpaired) electrons. The Labute approximate surface area is 236 Å². The summed E-state index contributed by atoms with van der Waals surface area (Å²) < 4.78 is 32.6. The van der Waals surface area contributed by atoms with E-state index < -0.39 is 0 Å². The molecule has 0 bridgehead atoms. The largest absolute Gasteiger partial charge is 0.317 e. The summed E-state index contributed by atoms with van der Waals surface area (Å²) in [6.07, 6.45) is 10.8. The summed E-state index contributed by atoms with van der Waals surface area (Å²) in [5, 5.41) is 16.3. The van der Waals surface area contributed by atoms with Gasteiger partial charge in [-0.25, -0.2) is 23.4 Å². The molecule has 5 aromatic rings. The van der Waals surface area contributed by atoms with Gasteiger partial charge in [-0.3, -0.25) is 0 Å². The van der Waals surface area contributed by atoms with Gasteiger partial charge in [0.05, 0.1) is 17.6 Å². The number of rotatable bonds is 8. The van der Waals surface area contributed by atoms with Crippen LogP contribution >= 0.6 is 0 Å². The molecule has 2 fully saturated rings. The fraction of sp³-hybridized carbons (Fsp3) is 0.323. The lowest BCUT2D eigenvalue weighted by Crippen LogP contribution is -2.35. The normalized spacial score (nSPS) is 15.3. The van der Waals surface area contributed by atoms with Gasteiger partial charge < -0.3 is 9.88 Å². The number of aryl methyl sites for hydroxylation is 2. The summed E-state index contributed by atoms with van der Waals surface area (Å²) in [6, 6.07) is 10.7. The zero-order valence-corrected chi connectivity index (χ0v) is 23.0. The van der Waals surface area contributed by atoms with E-state index in [0.29, 0.717) is 47.1 Å². The van der Waals surface area contributed by atoms with E-state index in [1.807, 2.05) is 26.2 Å². The average molecular weight is 553 g/mol. The van der Waals surface area contributed by atoms with Crippen molar-refractivity contribution in [3.8, 4) is 39.6 Å². The van der Waals surface area contributed by atoms with Crippen LogP contribution in [0, 0.1) is 18.6 Å². The van der Waals surface area contributed by atoms with Crippen LogP contribution < -0.4 is 5.32 Å². The lowest BCUT2D eigenvalue weighted by atomic mass is 9.93. The Morgan fingerprint density at radius 3 is 2.56 bits per heavy atom. The Kier molecular flexibility index (Phi) is 6.42. The molecule has 1 aromatic carbocycles. The fourth-order valence-electron chi connectivity index (χ4n) is 5.34. The van der Waals surface area contributed by atoms with Crippen molar-refractivity contribution in [3.05, 3.63) is 83.7 Å². The van der Waals surface area contributed by atoms with Crippen molar-refractivity contribution < 1.29 is 8.78 Å². The minimum absolute atomic E-state index is 0.299. The second kappa shape index (κ2) is 10.3. The number of pyridine rings is 2. The Balaban J connectivity index is 1.27. The van der Waals surface area contributed by atoms with Gasteiger partial charge in [0.15, 0.2) is 11.6 Å². The predicted molar refractivity (Wildman–Crippen MR) is 151 cm³/mol. The molecule has 0 saturated heterocycles. The number of hydrogen-bond acceptors (Lipinski definition) is 6. The molecule has 4 heterocycles. The molecule has 4 aromatic heterocycles. The third kappa shape index (κ3) is 5.04. The molecule has 0 amide bonds. The monoisotopic (exact) mass is 552 g/mol. The molecule has 0 atom stereocenters. The molecule has 41 heavy (non-hydrogen) atoms. The van der Waals surface area contributed by atoms with Gasteiger partial charge in [-0.1, -0.05) is 12.5 Å². The van der Waals surface area contributed by atoms with Crippen molar-refractivity contribution in [3.63, 3.8) is 0 Å². The molecular weight excluding hydrogens is 522 g/mol. The maximum Gasteiger partial charge on any atom is 0.164 e. The van der Waals surface area contributed by atoms with E-state index in [1.54, 1.807) is 33.9 Å². The van der Waals surface area contributed by atoms with Gasteiger partial charge in [-0.05, 0) is 79.6 Å². The Morgan fingerprint density at radius 1 is 0.976 bits per heavy atom. The second-order valence-corrected chi connectivity index (χ2v) is 11.1. The minimum atomic E-state index is -0.343. The number of benzene rings is 1. The molecule has 1 N–H and O–H groups in total. The van der Waals surface area contributed by atoms with E-state index in [1.165, 1.54) is 18.6 Å². The fourth-order valence-corrected chi connectivity index (χ4v) is 5.34. The van der Waals surface area contributed by atoms with Gasteiger partial charge in [0.1, 0.15) is 18.0 Å². The number of nitrogens with one attached hydrogen (secondary N) is 1. The van der Waals surface area contributed by atoms with Crippen LogP contribution in [0.25, 0.3) is 39.6 Å². The second-order valence-electron chi connectivity index (χ2n) is 11.1. The standard InChI is InChI=1S/C31H30F2N8/c1-18-10-26(33)28(15-34-23-4-3-5-23)38-30(18)21-14-36-41(16-21)29-12-20(11-27(37-29)19-6-7-19)24-9-8-22(32)13-25(24)31-39-35-17-40(31)2/h8-14,16-17,19,23,34H,3-7,15H2,1-2H3. The van der Waals surface area contributed by atoms with Gasteiger partial charge in [0.2, 0.25) is 0 Å². The highest BCUT2D eigenvalue weighted by Gasteiger charge is 2.27. The Morgan fingerprint density at radius 2 is 1.83 bits per heavy atom. The van der Waals surface area contributed by atoms with Crippen molar-refractivity contribution in [1.29, 1.82) is 0 Å². The highest BCUT2D eigenvalue weighted by molar-refractivity contribution is 5.81. The molecule has 0 unspecified atom stereocenters. The lowest BCUT2D eigenvalue weighted by molar-refractivity contribution is 0.334. The lowest BCUT2D eigenvalue weighted by Gasteiger charge is -2.26. The molecule has 2 aliphatic rings. The van der Waals surface area contributed by atoms with E-state index in [2.05, 4.69) is 26.7 Å². The van der Waals surface area contributed by atoms with Crippen LogP contribution in [0.2, 0.25) is 0 Å².